The Hall–Kier alpha value is 0.310. The predicted molar refractivity (Wildman–Crippen MR) is 112 cm³/mol. The minimum Gasteiger partial charge on any atom is -0.356 e. The summed E-state index contributed by atoms with van der Waals surface area (Å²) in [5.74, 6) is 3.09. The molecule has 0 spiro atoms. The number of piperidine rings is 1. The Morgan fingerprint density at radius 2 is 1.95 bits per heavy atom. The number of halogens is 1. The van der Waals surface area contributed by atoms with Gasteiger partial charge in [0, 0.05) is 26.2 Å². The normalized spacial score (nSPS) is 18.6. The molecule has 0 saturated carbocycles. The maximum absolute atomic E-state index is 4.31. The first kappa shape index (κ1) is 22.3. The average molecular weight is 442 g/mol. The van der Waals surface area contributed by atoms with Crippen molar-refractivity contribution in [3.8, 4) is 0 Å². The van der Waals surface area contributed by atoms with Gasteiger partial charge in [-0.1, -0.05) is 6.92 Å². The molecule has 1 unspecified atom stereocenters. The van der Waals surface area contributed by atoms with E-state index in [9.17, 15) is 0 Å². The van der Waals surface area contributed by atoms with E-state index in [1.807, 2.05) is 18.8 Å². The highest BCUT2D eigenvalue weighted by molar-refractivity contribution is 14.0. The van der Waals surface area contributed by atoms with Crippen molar-refractivity contribution in [2.24, 2.45) is 10.9 Å². The van der Waals surface area contributed by atoms with E-state index < -0.39 is 0 Å². The van der Waals surface area contributed by atoms with Gasteiger partial charge in [0.2, 0.25) is 0 Å². The van der Waals surface area contributed by atoms with Crippen LogP contribution in [0.5, 0.6) is 0 Å². The Labute approximate surface area is 158 Å². The van der Waals surface area contributed by atoms with E-state index in [2.05, 4.69) is 40.6 Å². The SMILES string of the molecule is CN=C(NCCCCSC)NCC(C)N1CCC(C)CC1.I. The second kappa shape index (κ2) is 13.7. The van der Waals surface area contributed by atoms with E-state index >= 15 is 0 Å². The van der Waals surface area contributed by atoms with Gasteiger partial charge in [0.05, 0.1) is 0 Å². The predicted octanol–water partition coefficient (Wildman–Crippen LogP) is 3.03. The highest BCUT2D eigenvalue weighted by Gasteiger charge is 2.20. The van der Waals surface area contributed by atoms with Gasteiger partial charge in [-0.3, -0.25) is 9.89 Å². The first-order chi connectivity index (χ1) is 10.2. The van der Waals surface area contributed by atoms with Crippen LogP contribution in [0.3, 0.4) is 0 Å². The molecule has 4 nitrogen and oxygen atoms in total. The molecule has 0 aliphatic carbocycles. The van der Waals surface area contributed by atoms with Gasteiger partial charge < -0.3 is 10.6 Å². The minimum atomic E-state index is 0. The van der Waals surface area contributed by atoms with Crippen molar-refractivity contribution in [2.75, 3.05) is 45.2 Å². The number of guanidine groups is 1. The summed E-state index contributed by atoms with van der Waals surface area (Å²) in [7, 11) is 1.85. The highest BCUT2D eigenvalue weighted by atomic mass is 127. The van der Waals surface area contributed by atoms with Gasteiger partial charge >= 0.3 is 0 Å². The first-order valence-electron chi connectivity index (χ1n) is 8.34. The molecule has 0 aromatic heterocycles. The van der Waals surface area contributed by atoms with Crippen molar-refractivity contribution in [3.63, 3.8) is 0 Å². The Morgan fingerprint density at radius 1 is 1.27 bits per heavy atom. The second-order valence-electron chi connectivity index (χ2n) is 6.15. The largest absolute Gasteiger partial charge is 0.356 e. The number of likely N-dealkylation sites (tertiary alicyclic amines) is 1. The van der Waals surface area contributed by atoms with Gasteiger partial charge in [-0.05, 0) is 63.6 Å². The van der Waals surface area contributed by atoms with Gasteiger partial charge in [0.15, 0.2) is 5.96 Å². The van der Waals surface area contributed by atoms with Crippen molar-refractivity contribution < 1.29 is 0 Å². The number of unbranched alkanes of at least 4 members (excludes halogenated alkanes) is 1. The number of aliphatic imine (C=N–C) groups is 1. The maximum Gasteiger partial charge on any atom is 0.191 e. The van der Waals surface area contributed by atoms with Crippen molar-refractivity contribution in [1.29, 1.82) is 0 Å². The summed E-state index contributed by atoms with van der Waals surface area (Å²) < 4.78 is 0. The lowest BCUT2D eigenvalue weighted by Gasteiger charge is -2.35. The third kappa shape index (κ3) is 9.45. The second-order valence-corrected chi connectivity index (χ2v) is 7.13. The van der Waals surface area contributed by atoms with E-state index in [4.69, 9.17) is 0 Å². The Bertz CT molecular complexity index is 294. The van der Waals surface area contributed by atoms with Gasteiger partial charge in [0.25, 0.3) is 0 Å². The Balaban J connectivity index is 0.00000441. The molecule has 0 aromatic rings. The van der Waals surface area contributed by atoms with Gasteiger partial charge in [-0.15, -0.1) is 24.0 Å². The number of nitrogens with one attached hydrogen (secondary N) is 2. The third-order valence-electron chi connectivity index (χ3n) is 4.30. The average Bonchev–Trinajstić information content (AvgIpc) is 2.50. The highest BCUT2D eigenvalue weighted by Crippen LogP contribution is 2.17. The quantitative estimate of drug-likeness (QED) is 0.262. The van der Waals surface area contributed by atoms with Gasteiger partial charge in [-0.2, -0.15) is 11.8 Å². The fourth-order valence-corrected chi connectivity index (χ4v) is 3.13. The fraction of sp³-hybridized carbons (Fsp3) is 0.938. The smallest absolute Gasteiger partial charge is 0.191 e. The zero-order valence-electron chi connectivity index (χ0n) is 14.7. The molecule has 0 bridgehead atoms. The molecule has 132 valence electrons. The van der Waals surface area contributed by atoms with Gasteiger partial charge in [0.1, 0.15) is 0 Å². The van der Waals surface area contributed by atoms with E-state index in [-0.39, 0.29) is 24.0 Å². The summed E-state index contributed by atoms with van der Waals surface area (Å²) in [5.41, 5.74) is 0. The Morgan fingerprint density at radius 3 is 2.55 bits per heavy atom. The van der Waals surface area contributed by atoms with Crippen molar-refractivity contribution in [2.45, 2.75) is 45.6 Å². The molecular weight excluding hydrogens is 407 g/mol. The zero-order chi connectivity index (χ0) is 15.5. The molecule has 1 aliphatic rings. The van der Waals surface area contributed by atoms with Crippen molar-refractivity contribution >= 4 is 41.7 Å². The molecule has 1 saturated heterocycles. The van der Waals surface area contributed by atoms with Crippen molar-refractivity contribution in [3.05, 3.63) is 0 Å². The van der Waals surface area contributed by atoms with Crippen LogP contribution >= 0.6 is 35.7 Å². The van der Waals surface area contributed by atoms with Crippen LogP contribution in [0.15, 0.2) is 4.99 Å². The summed E-state index contributed by atoms with van der Waals surface area (Å²) in [6, 6.07) is 0.576. The molecule has 2 N–H and O–H groups in total. The molecule has 6 heteroatoms. The zero-order valence-corrected chi connectivity index (χ0v) is 17.9. The summed E-state index contributed by atoms with van der Waals surface area (Å²) >= 11 is 1.92. The van der Waals surface area contributed by atoms with E-state index in [0.29, 0.717) is 6.04 Å². The molecular formula is C16H35IN4S. The standard InChI is InChI=1S/C16H34N4S.HI/c1-14-7-10-20(11-8-14)15(2)13-19-16(17-3)18-9-5-6-12-21-4;/h14-15H,5-13H2,1-4H3,(H2,17,18,19);1H. The molecule has 1 aliphatic heterocycles. The lowest BCUT2D eigenvalue weighted by Crippen LogP contribution is -2.48. The topological polar surface area (TPSA) is 39.7 Å². The van der Waals surface area contributed by atoms with Crippen LogP contribution in [-0.4, -0.2) is 62.1 Å². The number of hydrogen-bond acceptors (Lipinski definition) is 3. The summed E-state index contributed by atoms with van der Waals surface area (Å²) in [6.07, 6.45) is 7.32. The van der Waals surface area contributed by atoms with E-state index in [0.717, 1.165) is 25.0 Å². The molecule has 0 amide bonds. The lowest BCUT2D eigenvalue weighted by atomic mass is 9.98. The van der Waals surface area contributed by atoms with Crippen LogP contribution in [0.1, 0.15) is 39.5 Å². The molecule has 1 atom stereocenters. The van der Waals surface area contributed by atoms with Crippen LogP contribution in [0, 0.1) is 5.92 Å². The van der Waals surface area contributed by atoms with E-state index in [1.54, 1.807) is 0 Å². The van der Waals surface area contributed by atoms with Crippen LogP contribution in [0.25, 0.3) is 0 Å². The van der Waals surface area contributed by atoms with E-state index in [1.165, 1.54) is 44.5 Å². The molecule has 0 aromatic carbocycles. The van der Waals surface area contributed by atoms with Gasteiger partial charge in [-0.25, -0.2) is 0 Å². The number of thioether (sulfide) groups is 1. The molecule has 1 fully saturated rings. The number of nitrogens with zero attached hydrogens (tertiary/aromatic N) is 2. The molecule has 1 heterocycles. The number of hydrogen-bond donors (Lipinski definition) is 2. The first-order valence-corrected chi connectivity index (χ1v) is 9.74. The fourth-order valence-electron chi connectivity index (χ4n) is 2.64. The van der Waals surface area contributed by atoms with Crippen LogP contribution < -0.4 is 10.6 Å². The summed E-state index contributed by atoms with van der Waals surface area (Å²) in [4.78, 5) is 6.90. The molecule has 22 heavy (non-hydrogen) atoms. The maximum atomic E-state index is 4.31. The number of rotatable bonds is 8. The van der Waals surface area contributed by atoms with Crippen LogP contribution in [0.2, 0.25) is 0 Å². The monoisotopic (exact) mass is 442 g/mol. The van der Waals surface area contributed by atoms with Crippen LogP contribution in [-0.2, 0) is 0 Å². The van der Waals surface area contributed by atoms with Crippen molar-refractivity contribution in [1.82, 2.24) is 15.5 Å². The Kier molecular flexibility index (Phi) is 13.9. The molecule has 0 radical (unpaired) electrons. The van der Waals surface area contributed by atoms with Crippen LogP contribution in [0.4, 0.5) is 0 Å². The lowest BCUT2D eigenvalue weighted by molar-refractivity contribution is 0.147. The summed E-state index contributed by atoms with van der Waals surface area (Å²) in [5, 5.41) is 6.87. The minimum absolute atomic E-state index is 0. The summed E-state index contributed by atoms with van der Waals surface area (Å²) in [6.45, 7) is 9.14. The third-order valence-corrected chi connectivity index (χ3v) is 4.99. The molecule has 1 rings (SSSR count).